The van der Waals surface area contributed by atoms with E-state index in [2.05, 4.69) is 15.9 Å². The quantitative estimate of drug-likeness (QED) is 0.677. The van der Waals surface area contributed by atoms with Crippen LogP contribution in [0.25, 0.3) is 0 Å². The van der Waals surface area contributed by atoms with Crippen LogP contribution in [-0.4, -0.2) is 16.6 Å². The number of hydrogen-bond acceptors (Lipinski definition) is 4. The minimum atomic E-state index is -0.576. The maximum Gasteiger partial charge on any atom is 0.287 e. The molecule has 0 saturated heterocycles. The van der Waals surface area contributed by atoms with E-state index >= 15 is 0 Å². The standard InChI is InChI=1S/C9H10BrNO4/c1-2-3-15-9-4-6(10)7(11(13)14)5-8(9)12/h4-5,12H,2-3H2,1H3. The van der Waals surface area contributed by atoms with Crippen molar-refractivity contribution >= 4 is 21.6 Å². The molecule has 0 radical (unpaired) electrons. The molecule has 0 fully saturated rings. The lowest BCUT2D eigenvalue weighted by atomic mass is 10.3. The van der Waals surface area contributed by atoms with Crippen LogP contribution in [0, 0.1) is 10.1 Å². The topological polar surface area (TPSA) is 72.6 Å². The van der Waals surface area contributed by atoms with E-state index in [0.717, 1.165) is 12.5 Å². The lowest BCUT2D eigenvalue weighted by molar-refractivity contribution is -0.385. The van der Waals surface area contributed by atoms with Gasteiger partial charge in [0.1, 0.15) is 0 Å². The molecule has 82 valence electrons. The molecule has 0 amide bonds. The molecule has 0 aliphatic carbocycles. The van der Waals surface area contributed by atoms with E-state index in [4.69, 9.17) is 4.74 Å². The van der Waals surface area contributed by atoms with Crippen molar-refractivity contribution in [3.05, 3.63) is 26.7 Å². The van der Waals surface area contributed by atoms with Crippen LogP contribution in [-0.2, 0) is 0 Å². The lowest BCUT2D eigenvalue weighted by Gasteiger charge is -2.07. The van der Waals surface area contributed by atoms with Crippen molar-refractivity contribution in [1.82, 2.24) is 0 Å². The molecule has 0 aliphatic heterocycles. The molecule has 0 aromatic heterocycles. The number of nitro groups is 1. The summed E-state index contributed by atoms with van der Waals surface area (Å²) in [5.74, 6) is 0.0210. The van der Waals surface area contributed by atoms with Crippen LogP contribution in [0.5, 0.6) is 11.5 Å². The fourth-order valence-electron chi connectivity index (χ4n) is 1.00. The number of nitro benzene ring substituents is 1. The maximum absolute atomic E-state index is 10.5. The van der Waals surface area contributed by atoms with Crippen molar-refractivity contribution in [3.63, 3.8) is 0 Å². The monoisotopic (exact) mass is 275 g/mol. The Bertz CT molecular complexity index is 381. The van der Waals surface area contributed by atoms with Crippen LogP contribution < -0.4 is 4.74 Å². The highest BCUT2D eigenvalue weighted by molar-refractivity contribution is 9.10. The Hall–Kier alpha value is -1.30. The zero-order valence-corrected chi connectivity index (χ0v) is 9.65. The number of benzene rings is 1. The van der Waals surface area contributed by atoms with E-state index in [1.807, 2.05) is 6.92 Å². The largest absolute Gasteiger partial charge is 0.504 e. The molecule has 0 saturated carbocycles. The van der Waals surface area contributed by atoms with Crippen LogP contribution >= 0.6 is 15.9 Å². The first kappa shape index (κ1) is 11.8. The SMILES string of the molecule is CCCOc1cc(Br)c([N+](=O)[O-])cc1O. The second-order valence-corrected chi connectivity index (χ2v) is 3.73. The fourth-order valence-corrected chi connectivity index (χ4v) is 1.47. The van der Waals surface area contributed by atoms with Crippen LogP contribution in [0.15, 0.2) is 16.6 Å². The summed E-state index contributed by atoms with van der Waals surface area (Å²) in [5.41, 5.74) is -0.184. The number of halogens is 1. The van der Waals surface area contributed by atoms with Crippen molar-refractivity contribution < 1.29 is 14.8 Å². The summed E-state index contributed by atoms with van der Waals surface area (Å²) in [7, 11) is 0. The number of phenolic OH excluding ortho intramolecular Hbond substituents is 1. The van der Waals surface area contributed by atoms with Gasteiger partial charge in [-0.15, -0.1) is 0 Å². The van der Waals surface area contributed by atoms with Gasteiger partial charge in [-0.1, -0.05) is 6.92 Å². The Morgan fingerprint density at radius 2 is 2.27 bits per heavy atom. The van der Waals surface area contributed by atoms with Gasteiger partial charge in [0, 0.05) is 6.07 Å². The maximum atomic E-state index is 10.5. The van der Waals surface area contributed by atoms with E-state index in [1.165, 1.54) is 6.07 Å². The Labute approximate surface area is 95.0 Å². The highest BCUT2D eigenvalue weighted by atomic mass is 79.9. The van der Waals surface area contributed by atoms with Crippen molar-refractivity contribution in [2.75, 3.05) is 6.61 Å². The summed E-state index contributed by atoms with van der Waals surface area (Å²) in [6.45, 7) is 2.38. The van der Waals surface area contributed by atoms with Crippen LogP contribution in [0.4, 0.5) is 5.69 Å². The summed E-state index contributed by atoms with van der Waals surface area (Å²) in [5, 5.41) is 20.0. The zero-order valence-electron chi connectivity index (χ0n) is 8.07. The first-order valence-corrected chi connectivity index (χ1v) is 5.15. The minimum Gasteiger partial charge on any atom is -0.504 e. The summed E-state index contributed by atoms with van der Waals surface area (Å²) in [6.07, 6.45) is 0.800. The third-order valence-electron chi connectivity index (χ3n) is 1.69. The minimum absolute atomic E-state index is 0.184. The van der Waals surface area contributed by atoms with Crippen LogP contribution in [0.3, 0.4) is 0 Å². The average Bonchev–Trinajstić information content (AvgIpc) is 2.18. The normalized spacial score (nSPS) is 10.0. The van der Waals surface area contributed by atoms with Gasteiger partial charge in [0.15, 0.2) is 11.5 Å². The van der Waals surface area contributed by atoms with E-state index in [-0.39, 0.29) is 21.7 Å². The molecule has 0 atom stereocenters. The Kier molecular flexibility index (Phi) is 3.90. The molecule has 0 bridgehead atoms. The summed E-state index contributed by atoms with van der Waals surface area (Å²) >= 11 is 3.04. The summed E-state index contributed by atoms with van der Waals surface area (Å²) in [4.78, 5) is 9.95. The number of aromatic hydroxyl groups is 1. The summed E-state index contributed by atoms with van der Waals surface area (Å²) < 4.78 is 5.49. The van der Waals surface area contributed by atoms with Gasteiger partial charge in [0.25, 0.3) is 5.69 Å². The van der Waals surface area contributed by atoms with Crippen molar-refractivity contribution in [3.8, 4) is 11.5 Å². The molecular formula is C9H10BrNO4. The van der Waals surface area contributed by atoms with Gasteiger partial charge in [0.2, 0.25) is 0 Å². The number of ether oxygens (including phenoxy) is 1. The molecule has 0 aliphatic rings. The van der Waals surface area contributed by atoms with Gasteiger partial charge in [-0.05, 0) is 22.4 Å². The molecule has 5 nitrogen and oxygen atoms in total. The molecule has 0 heterocycles. The molecule has 1 N–H and O–H groups in total. The second-order valence-electron chi connectivity index (χ2n) is 2.88. The average molecular weight is 276 g/mol. The van der Waals surface area contributed by atoms with Crippen molar-refractivity contribution in [1.29, 1.82) is 0 Å². The van der Waals surface area contributed by atoms with Gasteiger partial charge >= 0.3 is 0 Å². The zero-order chi connectivity index (χ0) is 11.4. The van der Waals surface area contributed by atoms with E-state index in [1.54, 1.807) is 0 Å². The third-order valence-corrected chi connectivity index (χ3v) is 2.32. The molecule has 15 heavy (non-hydrogen) atoms. The molecular weight excluding hydrogens is 266 g/mol. The van der Waals surface area contributed by atoms with Gasteiger partial charge in [-0.25, -0.2) is 0 Å². The summed E-state index contributed by atoms with van der Waals surface area (Å²) in [6, 6.07) is 2.46. The third kappa shape index (κ3) is 2.82. The first-order valence-electron chi connectivity index (χ1n) is 4.36. The molecule has 0 unspecified atom stereocenters. The number of nitrogens with zero attached hydrogens (tertiary/aromatic N) is 1. The van der Waals surface area contributed by atoms with E-state index < -0.39 is 4.92 Å². The van der Waals surface area contributed by atoms with Gasteiger partial charge < -0.3 is 9.84 Å². The predicted octanol–water partition coefficient (Wildman–Crippen LogP) is 2.85. The number of rotatable bonds is 4. The molecule has 1 aromatic rings. The Morgan fingerprint density at radius 3 is 2.80 bits per heavy atom. The van der Waals surface area contributed by atoms with Crippen LogP contribution in [0.1, 0.15) is 13.3 Å². The number of hydrogen-bond donors (Lipinski definition) is 1. The van der Waals surface area contributed by atoms with Gasteiger partial charge in [0.05, 0.1) is 22.1 Å². The lowest BCUT2D eigenvalue weighted by Crippen LogP contribution is -1.96. The molecule has 0 spiro atoms. The van der Waals surface area contributed by atoms with Gasteiger partial charge in [-0.2, -0.15) is 0 Å². The Morgan fingerprint density at radius 1 is 1.60 bits per heavy atom. The highest BCUT2D eigenvalue weighted by Crippen LogP contribution is 2.36. The molecule has 6 heteroatoms. The van der Waals surface area contributed by atoms with Crippen LogP contribution in [0.2, 0.25) is 0 Å². The molecule has 1 rings (SSSR count). The number of phenols is 1. The predicted molar refractivity (Wildman–Crippen MR) is 58.2 cm³/mol. The van der Waals surface area contributed by atoms with Crippen molar-refractivity contribution in [2.45, 2.75) is 13.3 Å². The van der Waals surface area contributed by atoms with E-state index in [0.29, 0.717) is 6.61 Å². The van der Waals surface area contributed by atoms with Crippen molar-refractivity contribution in [2.24, 2.45) is 0 Å². The molecule has 1 aromatic carbocycles. The second kappa shape index (κ2) is 4.97. The van der Waals surface area contributed by atoms with Gasteiger partial charge in [-0.3, -0.25) is 10.1 Å². The highest BCUT2D eigenvalue weighted by Gasteiger charge is 2.16. The smallest absolute Gasteiger partial charge is 0.287 e. The Balaban J connectivity index is 3.02. The first-order chi connectivity index (χ1) is 7.06. The van der Waals surface area contributed by atoms with E-state index in [9.17, 15) is 15.2 Å². The fraction of sp³-hybridized carbons (Fsp3) is 0.333.